The molecule has 9 nitrogen and oxygen atoms in total. The van der Waals surface area contributed by atoms with Crippen molar-refractivity contribution in [2.45, 2.75) is 12.8 Å². The number of nitrogens with one attached hydrogen (secondary N) is 2. The molecule has 3 N–H and O–H groups in total. The van der Waals surface area contributed by atoms with Gasteiger partial charge in [0.05, 0.1) is 11.9 Å². The number of rotatable bonds is 4. The molecule has 0 bridgehead atoms. The van der Waals surface area contributed by atoms with Crippen LogP contribution >= 0.6 is 0 Å². The fraction of sp³-hybridized carbons (Fsp3) is 0.143. The van der Waals surface area contributed by atoms with E-state index in [1.807, 2.05) is 6.07 Å². The fourth-order valence-electron chi connectivity index (χ4n) is 3.22. The predicted octanol–water partition coefficient (Wildman–Crippen LogP) is 1.78. The third kappa shape index (κ3) is 3.86. The normalized spacial score (nSPS) is 13.3. The van der Waals surface area contributed by atoms with E-state index in [0.717, 1.165) is 6.42 Å². The number of carbonyl (C=O) groups is 3. The van der Waals surface area contributed by atoms with Crippen molar-refractivity contribution in [3.8, 4) is 11.4 Å². The van der Waals surface area contributed by atoms with Gasteiger partial charge < -0.3 is 10.0 Å². The topological polar surface area (TPSA) is 117 Å². The first-order chi connectivity index (χ1) is 14.5. The molecule has 1 aliphatic rings. The minimum atomic E-state index is -0.763. The molecule has 4 rings (SSSR count). The SMILES string of the molecule is O=C(NNC(=O)c1nn(-c2ccccc2)cc1O)c1cccc(N2CCCC2=O)c1. The summed E-state index contributed by atoms with van der Waals surface area (Å²) in [5, 5.41) is 14.1. The van der Waals surface area contributed by atoms with Gasteiger partial charge >= 0.3 is 0 Å². The summed E-state index contributed by atoms with van der Waals surface area (Å²) in [6, 6.07) is 15.6. The highest BCUT2D eigenvalue weighted by molar-refractivity contribution is 6.01. The molecule has 0 saturated carbocycles. The Hall–Kier alpha value is -4.14. The number of nitrogens with zero attached hydrogens (tertiary/aromatic N) is 3. The zero-order valence-corrected chi connectivity index (χ0v) is 15.9. The number of aromatic hydroxyl groups is 1. The first-order valence-electron chi connectivity index (χ1n) is 9.38. The average Bonchev–Trinajstić information content (AvgIpc) is 3.38. The molecule has 0 unspecified atom stereocenters. The van der Waals surface area contributed by atoms with Gasteiger partial charge in [-0.2, -0.15) is 5.10 Å². The molecule has 0 spiro atoms. The maximum absolute atomic E-state index is 12.4. The summed E-state index contributed by atoms with van der Waals surface area (Å²) in [7, 11) is 0. The maximum Gasteiger partial charge on any atom is 0.294 e. The number of amides is 3. The number of para-hydroxylation sites is 1. The number of hydrogen-bond acceptors (Lipinski definition) is 5. The van der Waals surface area contributed by atoms with E-state index in [-0.39, 0.29) is 22.9 Å². The lowest BCUT2D eigenvalue weighted by molar-refractivity contribution is -0.117. The lowest BCUT2D eigenvalue weighted by Gasteiger charge is -2.16. The molecule has 9 heteroatoms. The summed E-state index contributed by atoms with van der Waals surface area (Å²) >= 11 is 0. The largest absolute Gasteiger partial charge is 0.504 e. The molecular formula is C21H19N5O4. The quantitative estimate of drug-likeness (QED) is 0.572. The second-order valence-corrected chi connectivity index (χ2v) is 6.75. The summed E-state index contributed by atoms with van der Waals surface area (Å²) < 4.78 is 1.36. The summed E-state index contributed by atoms with van der Waals surface area (Å²) in [4.78, 5) is 38.3. The van der Waals surface area contributed by atoms with Gasteiger partial charge in [0, 0.05) is 24.2 Å². The molecule has 0 atom stereocenters. The second kappa shape index (κ2) is 8.08. The van der Waals surface area contributed by atoms with Crippen LogP contribution in [0.4, 0.5) is 5.69 Å². The Bertz CT molecular complexity index is 1110. The molecule has 1 aromatic heterocycles. The summed E-state index contributed by atoms with van der Waals surface area (Å²) in [6.07, 6.45) is 2.58. The Morgan fingerprint density at radius 1 is 0.967 bits per heavy atom. The standard InChI is InChI=1S/C21H19N5O4/c27-17-13-26(15-7-2-1-3-8-15)24-19(17)21(30)23-22-20(29)14-6-4-9-16(12-14)25-11-5-10-18(25)28/h1-4,6-9,12-13,27H,5,10-11H2,(H,22,29)(H,23,30). The van der Waals surface area contributed by atoms with E-state index in [1.165, 1.54) is 10.9 Å². The van der Waals surface area contributed by atoms with Crippen molar-refractivity contribution in [1.29, 1.82) is 0 Å². The number of aromatic nitrogens is 2. The van der Waals surface area contributed by atoms with Gasteiger partial charge in [0.15, 0.2) is 11.4 Å². The first kappa shape index (κ1) is 19.2. The summed E-state index contributed by atoms with van der Waals surface area (Å²) in [5.74, 6) is -1.62. The summed E-state index contributed by atoms with van der Waals surface area (Å²) in [6.45, 7) is 0.615. The molecule has 3 aromatic rings. The van der Waals surface area contributed by atoms with Gasteiger partial charge in [-0.05, 0) is 36.8 Å². The number of carbonyl (C=O) groups excluding carboxylic acids is 3. The maximum atomic E-state index is 12.4. The smallest absolute Gasteiger partial charge is 0.294 e. The molecule has 1 saturated heterocycles. The van der Waals surface area contributed by atoms with Crippen molar-refractivity contribution in [2.75, 3.05) is 11.4 Å². The van der Waals surface area contributed by atoms with E-state index in [2.05, 4.69) is 16.0 Å². The zero-order valence-electron chi connectivity index (χ0n) is 15.9. The van der Waals surface area contributed by atoms with Crippen LogP contribution in [-0.4, -0.2) is 39.2 Å². The highest BCUT2D eigenvalue weighted by Gasteiger charge is 2.23. The molecule has 152 valence electrons. The van der Waals surface area contributed by atoms with Gasteiger partial charge in [0.25, 0.3) is 11.8 Å². The first-order valence-corrected chi connectivity index (χ1v) is 9.38. The van der Waals surface area contributed by atoms with E-state index in [9.17, 15) is 19.5 Å². The monoisotopic (exact) mass is 405 g/mol. The molecule has 3 amide bonds. The van der Waals surface area contributed by atoms with Crippen molar-refractivity contribution < 1.29 is 19.5 Å². The molecule has 2 aromatic carbocycles. The molecule has 1 fully saturated rings. The highest BCUT2D eigenvalue weighted by atomic mass is 16.3. The zero-order chi connectivity index (χ0) is 21.1. The van der Waals surface area contributed by atoms with Crippen LogP contribution in [0, 0.1) is 0 Å². The van der Waals surface area contributed by atoms with Crippen LogP contribution in [-0.2, 0) is 4.79 Å². The number of benzene rings is 2. The molecule has 1 aliphatic heterocycles. The fourth-order valence-corrected chi connectivity index (χ4v) is 3.22. The Labute approximate surface area is 171 Å². The number of anilines is 1. The van der Waals surface area contributed by atoms with Crippen LogP contribution in [0.5, 0.6) is 5.75 Å². The van der Waals surface area contributed by atoms with Crippen LogP contribution < -0.4 is 15.8 Å². The van der Waals surface area contributed by atoms with Crippen LogP contribution in [0.15, 0.2) is 60.8 Å². The van der Waals surface area contributed by atoms with Crippen LogP contribution in [0.25, 0.3) is 5.69 Å². The molecule has 0 radical (unpaired) electrons. The Kier molecular flexibility index (Phi) is 5.17. The minimum absolute atomic E-state index is 0.0188. The second-order valence-electron chi connectivity index (χ2n) is 6.75. The van der Waals surface area contributed by atoms with Crippen molar-refractivity contribution in [3.05, 3.63) is 72.1 Å². The van der Waals surface area contributed by atoms with Gasteiger partial charge in [-0.3, -0.25) is 25.2 Å². The third-order valence-corrected chi connectivity index (χ3v) is 4.71. The van der Waals surface area contributed by atoms with Gasteiger partial charge in [-0.15, -0.1) is 0 Å². The minimum Gasteiger partial charge on any atom is -0.504 e. The van der Waals surface area contributed by atoms with E-state index in [0.29, 0.717) is 24.3 Å². The van der Waals surface area contributed by atoms with Gasteiger partial charge in [0.2, 0.25) is 5.91 Å². The van der Waals surface area contributed by atoms with E-state index in [1.54, 1.807) is 53.4 Å². The highest BCUT2D eigenvalue weighted by Crippen LogP contribution is 2.22. The molecule has 0 aliphatic carbocycles. The van der Waals surface area contributed by atoms with E-state index < -0.39 is 11.8 Å². The van der Waals surface area contributed by atoms with Gasteiger partial charge in [-0.1, -0.05) is 24.3 Å². The van der Waals surface area contributed by atoms with Crippen molar-refractivity contribution >= 4 is 23.4 Å². The summed E-state index contributed by atoms with van der Waals surface area (Å²) in [5.41, 5.74) is 5.91. The van der Waals surface area contributed by atoms with Crippen molar-refractivity contribution in [2.24, 2.45) is 0 Å². The van der Waals surface area contributed by atoms with Crippen molar-refractivity contribution in [1.82, 2.24) is 20.6 Å². The lowest BCUT2D eigenvalue weighted by Crippen LogP contribution is -2.42. The third-order valence-electron chi connectivity index (χ3n) is 4.71. The van der Waals surface area contributed by atoms with E-state index >= 15 is 0 Å². The molecule has 30 heavy (non-hydrogen) atoms. The molecular weight excluding hydrogens is 386 g/mol. The Morgan fingerprint density at radius 2 is 1.70 bits per heavy atom. The van der Waals surface area contributed by atoms with Gasteiger partial charge in [0.1, 0.15) is 0 Å². The Morgan fingerprint density at radius 3 is 2.43 bits per heavy atom. The van der Waals surface area contributed by atoms with Crippen LogP contribution in [0.1, 0.15) is 33.7 Å². The Balaban J connectivity index is 1.43. The van der Waals surface area contributed by atoms with Gasteiger partial charge in [-0.25, -0.2) is 4.68 Å². The average molecular weight is 405 g/mol. The van der Waals surface area contributed by atoms with Crippen LogP contribution in [0.3, 0.4) is 0 Å². The lowest BCUT2D eigenvalue weighted by atomic mass is 10.2. The number of hydrazine groups is 1. The molecule has 2 heterocycles. The van der Waals surface area contributed by atoms with Crippen molar-refractivity contribution in [3.63, 3.8) is 0 Å². The number of hydrogen-bond donors (Lipinski definition) is 3. The van der Waals surface area contributed by atoms with Crippen LogP contribution in [0.2, 0.25) is 0 Å². The van der Waals surface area contributed by atoms with E-state index in [4.69, 9.17) is 0 Å². The predicted molar refractivity (Wildman–Crippen MR) is 108 cm³/mol.